The van der Waals surface area contributed by atoms with Gasteiger partial charge in [-0.05, 0) is 17.3 Å². The van der Waals surface area contributed by atoms with Crippen molar-refractivity contribution in [2.45, 2.75) is 0 Å². The van der Waals surface area contributed by atoms with Crippen molar-refractivity contribution in [2.24, 2.45) is 0 Å². The first kappa shape index (κ1) is 8.00. The van der Waals surface area contributed by atoms with Crippen LogP contribution in [0, 0.1) is 0 Å². The van der Waals surface area contributed by atoms with E-state index in [0.29, 0.717) is 10.7 Å². The highest BCUT2D eigenvalue weighted by Crippen LogP contribution is 2.17. The lowest BCUT2D eigenvalue weighted by Gasteiger charge is -1.98. The highest BCUT2D eigenvalue weighted by atomic mass is 35.5. The summed E-state index contributed by atoms with van der Waals surface area (Å²) in [6.07, 6.45) is 0. The maximum absolute atomic E-state index is 8.86. The molecule has 2 rings (SSSR count). The van der Waals surface area contributed by atoms with Gasteiger partial charge in [0.25, 0.3) is 0 Å². The average molecular weight is 197 g/mol. The molecule has 66 valence electrons. The molecule has 0 radical (unpaired) electrons. The van der Waals surface area contributed by atoms with Gasteiger partial charge in [-0.1, -0.05) is 33.9 Å². The van der Waals surface area contributed by atoms with E-state index in [1.807, 2.05) is 0 Å². The Bertz CT molecular complexity index is 428. The zero-order chi connectivity index (χ0) is 9.26. The van der Waals surface area contributed by atoms with E-state index < -0.39 is 0 Å². The molecule has 0 aliphatic rings. The van der Waals surface area contributed by atoms with Crippen molar-refractivity contribution in [1.29, 1.82) is 0 Å². The molecule has 0 saturated carbocycles. The van der Waals surface area contributed by atoms with Gasteiger partial charge in [-0.25, -0.2) is 0 Å². The van der Waals surface area contributed by atoms with E-state index in [1.54, 1.807) is 24.3 Å². The van der Waals surface area contributed by atoms with Crippen molar-refractivity contribution in [3.63, 3.8) is 0 Å². The first-order valence-corrected chi connectivity index (χ1v) is 3.89. The molecule has 0 bridgehead atoms. The summed E-state index contributed by atoms with van der Waals surface area (Å²) in [7, 11) is 0. The topological polar surface area (TPSA) is 63.8 Å². The van der Waals surface area contributed by atoms with E-state index in [0.717, 1.165) is 4.80 Å². The third kappa shape index (κ3) is 1.46. The van der Waals surface area contributed by atoms with Gasteiger partial charge in [-0.15, -0.1) is 4.80 Å². The van der Waals surface area contributed by atoms with Gasteiger partial charge < -0.3 is 5.11 Å². The van der Waals surface area contributed by atoms with Crippen LogP contribution in [0.25, 0.3) is 5.69 Å². The van der Waals surface area contributed by atoms with Crippen LogP contribution < -0.4 is 0 Å². The summed E-state index contributed by atoms with van der Waals surface area (Å²) in [6, 6.07) is 6.64. The van der Waals surface area contributed by atoms with Crippen LogP contribution in [0.15, 0.2) is 24.3 Å². The molecule has 0 saturated heterocycles. The van der Waals surface area contributed by atoms with Gasteiger partial charge in [0.15, 0.2) is 0 Å². The van der Waals surface area contributed by atoms with E-state index >= 15 is 0 Å². The molecule has 1 aromatic heterocycles. The van der Waals surface area contributed by atoms with Crippen molar-refractivity contribution < 1.29 is 5.11 Å². The van der Waals surface area contributed by atoms with Crippen LogP contribution in [0.1, 0.15) is 0 Å². The number of hydrogen-bond donors (Lipinski definition) is 1. The lowest BCUT2D eigenvalue weighted by molar-refractivity contribution is 0.429. The number of hydrogen-bond acceptors (Lipinski definition) is 4. The Labute approximate surface area is 78.6 Å². The molecule has 0 spiro atoms. The zero-order valence-electron chi connectivity index (χ0n) is 6.42. The Hall–Kier alpha value is -1.62. The van der Waals surface area contributed by atoms with Crippen molar-refractivity contribution >= 4 is 11.6 Å². The molecule has 0 fully saturated rings. The van der Waals surface area contributed by atoms with Crippen molar-refractivity contribution in [3.05, 3.63) is 29.3 Å². The van der Waals surface area contributed by atoms with Crippen LogP contribution in [-0.4, -0.2) is 25.3 Å². The summed E-state index contributed by atoms with van der Waals surface area (Å²) in [4.78, 5) is 1.16. The standard InChI is InChI=1S/C7H5ClN4O/c8-5-3-1-2-4-6(5)12-10-7(13)9-11-12/h1-4H,(H,10,13). The third-order valence-corrected chi connectivity index (χ3v) is 1.79. The predicted molar refractivity (Wildman–Crippen MR) is 45.8 cm³/mol. The van der Waals surface area contributed by atoms with Gasteiger partial charge in [0.05, 0.1) is 5.02 Å². The molecule has 2 aromatic rings. The third-order valence-electron chi connectivity index (χ3n) is 1.47. The minimum atomic E-state index is -0.375. The van der Waals surface area contributed by atoms with Crippen LogP contribution in [0.4, 0.5) is 0 Å². The quantitative estimate of drug-likeness (QED) is 0.740. The first-order chi connectivity index (χ1) is 6.27. The molecule has 1 N–H and O–H groups in total. The summed E-state index contributed by atoms with van der Waals surface area (Å²) in [5.41, 5.74) is 0.581. The SMILES string of the molecule is Oc1nnn(-c2ccccc2Cl)n1. The summed E-state index contributed by atoms with van der Waals surface area (Å²) in [6.45, 7) is 0. The largest absolute Gasteiger partial charge is 0.477 e. The second-order valence-corrected chi connectivity index (χ2v) is 2.74. The smallest absolute Gasteiger partial charge is 0.353 e. The molecule has 1 aromatic carbocycles. The lowest BCUT2D eigenvalue weighted by Crippen LogP contribution is -1.99. The van der Waals surface area contributed by atoms with Crippen LogP contribution in [0.5, 0.6) is 6.01 Å². The first-order valence-electron chi connectivity index (χ1n) is 3.51. The fourth-order valence-electron chi connectivity index (χ4n) is 0.923. The Morgan fingerprint density at radius 3 is 2.69 bits per heavy atom. The summed E-state index contributed by atoms with van der Waals surface area (Å²) in [5.74, 6) is 0. The number of halogens is 1. The van der Waals surface area contributed by atoms with Crippen LogP contribution in [0.3, 0.4) is 0 Å². The Morgan fingerprint density at radius 2 is 2.08 bits per heavy atom. The molecular weight excluding hydrogens is 192 g/mol. The monoisotopic (exact) mass is 196 g/mol. The number of nitrogens with zero attached hydrogens (tertiary/aromatic N) is 4. The number of benzene rings is 1. The summed E-state index contributed by atoms with van der Waals surface area (Å²) in [5, 5.41) is 19.9. The second-order valence-electron chi connectivity index (χ2n) is 2.33. The van der Waals surface area contributed by atoms with E-state index in [1.165, 1.54) is 0 Å². The molecule has 0 amide bonds. The van der Waals surface area contributed by atoms with Gasteiger partial charge in [0.2, 0.25) is 0 Å². The zero-order valence-corrected chi connectivity index (χ0v) is 7.18. The Kier molecular flexibility index (Phi) is 1.86. The minimum absolute atomic E-state index is 0.375. The normalized spacial score (nSPS) is 10.2. The van der Waals surface area contributed by atoms with Crippen LogP contribution >= 0.6 is 11.6 Å². The minimum Gasteiger partial charge on any atom is -0.477 e. The number of tetrazole rings is 1. The molecular formula is C7H5ClN4O. The Morgan fingerprint density at radius 1 is 1.31 bits per heavy atom. The van der Waals surface area contributed by atoms with Crippen LogP contribution in [0.2, 0.25) is 5.02 Å². The molecule has 0 atom stereocenters. The number of para-hydroxylation sites is 1. The highest BCUT2D eigenvalue weighted by molar-refractivity contribution is 6.32. The molecule has 0 aliphatic carbocycles. The summed E-state index contributed by atoms with van der Waals surface area (Å²) >= 11 is 5.86. The van der Waals surface area contributed by atoms with Crippen molar-refractivity contribution in [1.82, 2.24) is 20.2 Å². The van der Waals surface area contributed by atoms with Gasteiger partial charge in [0, 0.05) is 0 Å². The molecule has 5 nitrogen and oxygen atoms in total. The fraction of sp³-hybridized carbons (Fsp3) is 0. The highest BCUT2D eigenvalue weighted by Gasteiger charge is 2.05. The van der Waals surface area contributed by atoms with Gasteiger partial charge >= 0.3 is 6.01 Å². The van der Waals surface area contributed by atoms with Crippen molar-refractivity contribution in [3.8, 4) is 11.7 Å². The summed E-state index contributed by atoms with van der Waals surface area (Å²) < 4.78 is 0. The van der Waals surface area contributed by atoms with Gasteiger partial charge in [-0.3, -0.25) is 0 Å². The molecule has 6 heteroatoms. The fourth-order valence-corrected chi connectivity index (χ4v) is 1.13. The second kappa shape index (κ2) is 3.02. The molecule has 13 heavy (non-hydrogen) atoms. The van der Waals surface area contributed by atoms with E-state index in [2.05, 4.69) is 15.4 Å². The van der Waals surface area contributed by atoms with E-state index in [4.69, 9.17) is 16.7 Å². The maximum Gasteiger partial charge on any atom is 0.353 e. The van der Waals surface area contributed by atoms with Crippen molar-refractivity contribution in [2.75, 3.05) is 0 Å². The number of aromatic nitrogens is 4. The maximum atomic E-state index is 8.86. The molecule has 0 aliphatic heterocycles. The number of rotatable bonds is 1. The van der Waals surface area contributed by atoms with E-state index in [9.17, 15) is 0 Å². The van der Waals surface area contributed by atoms with Crippen LogP contribution in [-0.2, 0) is 0 Å². The predicted octanol–water partition coefficient (Wildman–Crippen LogP) is 1.02. The molecule has 0 unspecified atom stereocenters. The number of aromatic hydroxyl groups is 1. The van der Waals surface area contributed by atoms with Gasteiger partial charge in [-0.2, -0.15) is 0 Å². The van der Waals surface area contributed by atoms with E-state index in [-0.39, 0.29) is 6.01 Å². The molecule has 1 heterocycles. The Balaban J connectivity index is 2.52. The average Bonchev–Trinajstić information content (AvgIpc) is 2.53. The van der Waals surface area contributed by atoms with Gasteiger partial charge in [0.1, 0.15) is 5.69 Å². The lowest BCUT2D eigenvalue weighted by atomic mass is 10.3.